The Labute approximate surface area is 144 Å². The Balaban J connectivity index is 2.30. The number of hydrogen-bond donors (Lipinski definition) is 1. The Morgan fingerprint density at radius 3 is 2.42 bits per heavy atom. The number of amides is 1. The Morgan fingerprint density at radius 2 is 1.79 bits per heavy atom. The van der Waals surface area contributed by atoms with Gasteiger partial charge in [-0.3, -0.25) is 9.78 Å². The van der Waals surface area contributed by atoms with Crippen LogP contribution in [0.5, 0.6) is 0 Å². The molecule has 4 nitrogen and oxygen atoms in total. The van der Waals surface area contributed by atoms with Gasteiger partial charge in [-0.15, -0.1) is 0 Å². The topological polar surface area (TPSA) is 45.2 Å². The molecule has 2 aromatic rings. The number of carbonyl (C=O) groups excluding carboxylic acids is 1. The number of nitrogens with zero attached hydrogens (tertiary/aromatic N) is 2. The minimum atomic E-state index is -0.0345. The zero-order valence-corrected chi connectivity index (χ0v) is 15.3. The summed E-state index contributed by atoms with van der Waals surface area (Å²) >= 11 is 0. The first-order chi connectivity index (χ1) is 11.4. The van der Waals surface area contributed by atoms with Crippen molar-refractivity contribution < 1.29 is 4.79 Å². The Kier molecular flexibility index (Phi) is 5.60. The van der Waals surface area contributed by atoms with Gasteiger partial charge in [-0.1, -0.05) is 39.0 Å². The molecule has 128 valence electrons. The highest BCUT2D eigenvalue weighted by Crippen LogP contribution is 2.31. The maximum atomic E-state index is 12.5. The van der Waals surface area contributed by atoms with Gasteiger partial charge in [0.2, 0.25) is 0 Å². The second-order valence-corrected chi connectivity index (χ2v) is 6.83. The monoisotopic (exact) mass is 325 g/mol. The van der Waals surface area contributed by atoms with E-state index in [0.717, 1.165) is 11.4 Å². The van der Waals surface area contributed by atoms with Crippen molar-refractivity contribution in [2.45, 2.75) is 40.0 Å². The van der Waals surface area contributed by atoms with Gasteiger partial charge in [-0.25, -0.2) is 0 Å². The molecular weight excluding hydrogens is 298 g/mol. The average molecular weight is 325 g/mol. The van der Waals surface area contributed by atoms with Crippen LogP contribution in [0.25, 0.3) is 0 Å². The van der Waals surface area contributed by atoms with Crippen molar-refractivity contribution in [1.29, 1.82) is 0 Å². The molecule has 4 heteroatoms. The van der Waals surface area contributed by atoms with Crippen molar-refractivity contribution in [2.75, 3.05) is 18.4 Å². The number of para-hydroxylation sites is 1. The fourth-order valence-electron chi connectivity index (χ4n) is 2.70. The van der Waals surface area contributed by atoms with Crippen LogP contribution in [-0.2, 0) is 5.41 Å². The van der Waals surface area contributed by atoms with E-state index >= 15 is 0 Å². The number of benzene rings is 1. The van der Waals surface area contributed by atoms with Crippen molar-refractivity contribution in [3.05, 3.63) is 53.9 Å². The van der Waals surface area contributed by atoms with Gasteiger partial charge >= 0.3 is 0 Å². The summed E-state index contributed by atoms with van der Waals surface area (Å²) in [5.41, 5.74) is 3.67. The van der Waals surface area contributed by atoms with Crippen molar-refractivity contribution in [3.63, 3.8) is 0 Å². The number of pyridine rings is 1. The van der Waals surface area contributed by atoms with Crippen molar-refractivity contribution in [3.8, 4) is 0 Å². The largest absolute Gasteiger partial charge is 0.355 e. The van der Waals surface area contributed by atoms with Gasteiger partial charge in [0.25, 0.3) is 5.91 Å². The molecule has 0 aliphatic rings. The van der Waals surface area contributed by atoms with E-state index in [9.17, 15) is 4.79 Å². The van der Waals surface area contributed by atoms with Crippen LogP contribution in [0, 0.1) is 0 Å². The minimum absolute atomic E-state index is 0.0345. The first kappa shape index (κ1) is 18.0. The number of anilines is 2. The predicted molar refractivity (Wildman–Crippen MR) is 99.9 cm³/mol. The molecule has 1 N–H and O–H groups in total. The van der Waals surface area contributed by atoms with Gasteiger partial charge < -0.3 is 10.2 Å². The smallest absolute Gasteiger partial charge is 0.272 e. The molecule has 1 amide bonds. The van der Waals surface area contributed by atoms with E-state index in [0.29, 0.717) is 18.8 Å². The molecule has 24 heavy (non-hydrogen) atoms. The van der Waals surface area contributed by atoms with Gasteiger partial charge in [0.05, 0.1) is 0 Å². The van der Waals surface area contributed by atoms with Crippen LogP contribution in [-0.4, -0.2) is 28.9 Å². The highest BCUT2D eigenvalue weighted by atomic mass is 16.2. The minimum Gasteiger partial charge on any atom is -0.355 e. The lowest BCUT2D eigenvalue weighted by Crippen LogP contribution is -2.31. The zero-order valence-electron chi connectivity index (χ0n) is 15.3. The third kappa shape index (κ3) is 4.13. The number of hydrogen-bond acceptors (Lipinski definition) is 3. The third-order valence-electron chi connectivity index (χ3n) is 4.04. The maximum Gasteiger partial charge on any atom is 0.272 e. The standard InChI is InChI=1S/C20H27N3O/c1-6-23(7-2)19(24)18-14-15(12-13-21-18)22-17-11-9-8-10-16(17)20(3,4)5/h8-14H,6-7H2,1-5H3,(H,21,22). The lowest BCUT2D eigenvalue weighted by molar-refractivity contribution is 0.0767. The van der Waals surface area contributed by atoms with Gasteiger partial charge in [0.15, 0.2) is 0 Å². The van der Waals surface area contributed by atoms with Crippen molar-refractivity contribution in [2.24, 2.45) is 0 Å². The fourth-order valence-corrected chi connectivity index (χ4v) is 2.70. The van der Waals surface area contributed by atoms with Crippen LogP contribution in [0.1, 0.15) is 50.7 Å². The number of aromatic nitrogens is 1. The highest BCUT2D eigenvalue weighted by molar-refractivity contribution is 5.93. The molecule has 1 aromatic carbocycles. The zero-order chi connectivity index (χ0) is 17.7. The molecule has 0 radical (unpaired) electrons. The fraction of sp³-hybridized carbons (Fsp3) is 0.400. The molecule has 0 spiro atoms. The first-order valence-electron chi connectivity index (χ1n) is 8.48. The lowest BCUT2D eigenvalue weighted by Gasteiger charge is -2.23. The summed E-state index contributed by atoms with van der Waals surface area (Å²) in [6.45, 7) is 11.9. The molecule has 0 aliphatic heterocycles. The van der Waals surface area contributed by atoms with E-state index in [1.54, 1.807) is 11.1 Å². The van der Waals surface area contributed by atoms with Crippen LogP contribution in [0.3, 0.4) is 0 Å². The Bertz CT molecular complexity index is 700. The summed E-state index contributed by atoms with van der Waals surface area (Å²) in [7, 11) is 0. The summed E-state index contributed by atoms with van der Waals surface area (Å²) in [4.78, 5) is 18.5. The third-order valence-corrected chi connectivity index (χ3v) is 4.04. The predicted octanol–water partition coefficient (Wildman–Crippen LogP) is 4.60. The van der Waals surface area contributed by atoms with Gasteiger partial charge in [-0.05, 0) is 43.0 Å². The maximum absolute atomic E-state index is 12.5. The van der Waals surface area contributed by atoms with Crippen molar-refractivity contribution >= 4 is 17.3 Å². The number of nitrogens with one attached hydrogen (secondary N) is 1. The molecule has 0 fully saturated rings. The van der Waals surface area contributed by atoms with Gasteiger partial charge in [0, 0.05) is 30.7 Å². The van der Waals surface area contributed by atoms with E-state index in [4.69, 9.17) is 0 Å². The molecule has 1 aromatic heterocycles. The summed E-state index contributed by atoms with van der Waals surface area (Å²) in [6.07, 6.45) is 1.68. The van der Waals surface area contributed by atoms with Gasteiger partial charge in [0.1, 0.15) is 5.69 Å². The van der Waals surface area contributed by atoms with Gasteiger partial charge in [-0.2, -0.15) is 0 Å². The summed E-state index contributed by atoms with van der Waals surface area (Å²) in [6, 6.07) is 12.0. The lowest BCUT2D eigenvalue weighted by atomic mass is 9.86. The quantitative estimate of drug-likeness (QED) is 0.873. The van der Waals surface area contributed by atoms with Crippen LogP contribution < -0.4 is 5.32 Å². The highest BCUT2D eigenvalue weighted by Gasteiger charge is 2.18. The second-order valence-electron chi connectivity index (χ2n) is 6.83. The molecule has 0 unspecified atom stereocenters. The normalized spacial score (nSPS) is 11.2. The molecule has 1 heterocycles. The number of rotatable bonds is 5. The van der Waals surface area contributed by atoms with E-state index in [1.165, 1.54) is 5.56 Å². The summed E-state index contributed by atoms with van der Waals surface area (Å²) in [5.74, 6) is -0.0345. The summed E-state index contributed by atoms with van der Waals surface area (Å²) < 4.78 is 0. The molecule has 0 atom stereocenters. The summed E-state index contributed by atoms with van der Waals surface area (Å²) in [5, 5.41) is 3.44. The molecule has 0 saturated carbocycles. The second kappa shape index (κ2) is 7.47. The average Bonchev–Trinajstić information content (AvgIpc) is 2.55. The first-order valence-corrected chi connectivity index (χ1v) is 8.48. The molecule has 0 bridgehead atoms. The van der Waals surface area contributed by atoms with E-state index in [1.807, 2.05) is 38.1 Å². The molecule has 0 aliphatic carbocycles. The molecule has 2 rings (SSSR count). The van der Waals surface area contributed by atoms with Crippen molar-refractivity contribution in [1.82, 2.24) is 9.88 Å². The van der Waals surface area contributed by atoms with Crippen LogP contribution >= 0.6 is 0 Å². The molecule has 0 saturated heterocycles. The van der Waals surface area contributed by atoms with E-state index < -0.39 is 0 Å². The van der Waals surface area contributed by atoms with Crippen LogP contribution in [0.2, 0.25) is 0 Å². The van der Waals surface area contributed by atoms with Crippen LogP contribution in [0.15, 0.2) is 42.6 Å². The Morgan fingerprint density at radius 1 is 1.12 bits per heavy atom. The van der Waals surface area contributed by atoms with E-state index in [2.05, 4.69) is 43.2 Å². The van der Waals surface area contributed by atoms with E-state index in [-0.39, 0.29) is 11.3 Å². The SMILES string of the molecule is CCN(CC)C(=O)c1cc(Nc2ccccc2C(C)(C)C)ccn1. The number of carbonyl (C=O) groups is 1. The Hall–Kier alpha value is -2.36. The van der Waals surface area contributed by atoms with Crippen LogP contribution in [0.4, 0.5) is 11.4 Å². The molecular formula is C20H27N3O.